The zero-order valence-electron chi connectivity index (χ0n) is 29.7. The second kappa shape index (κ2) is 15.0. The van der Waals surface area contributed by atoms with E-state index in [1.807, 2.05) is 60.0 Å². The molecule has 47 heavy (non-hydrogen) atoms. The Labute approximate surface area is 295 Å². The number of nitrogens with zero attached hydrogens (tertiary/aromatic N) is 2. The number of pyridine rings is 2. The summed E-state index contributed by atoms with van der Waals surface area (Å²) >= 11 is 0. The molecule has 0 fully saturated rings. The predicted octanol–water partition coefficient (Wildman–Crippen LogP) is 11.6. The number of hydrogen-bond acceptors (Lipinski definition) is 4. The maximum absolute atomic E-state index is 11.5. The quantitative estimate of drug-likeness (QED) is 0.0832. The number of aryl methyl sites for hydroxylation is 1. The van der Waals surface area contributed by atoms with Gasteiger partial charge in [0.1, 0.15) is 5.76 Å². The average Bonchev–Trinajstić information content (AvgIpc) is 2.99. The van der Waals surface area contributed by atoms with E-state index in [0.29, 0.717) is 11.8 Å². The normalized spacial score (nSPS) is 12.2. The predicted molar refractivity (Wildman–Crippen MR) is 194 cm³/mol. The van der Waals surface area contributed by atoms with Gasteiger partial charge in [-0.15, -0.1) is 34.9 Å². The van der Waals surface area contributed by atoms with Gasteiger partial charge in [0.05, 0.1) is 0 Å². The van der Waals surface area contributed by atoms with Crippen LogP contribution in [0.25, 0.3) is 43.9 Å². The zero-order chi connectivity index (χ0) is 34.0. The fourth-order valence-corrected chi connectivity index (χ4v) is 5.11. The van der Waals surface area contributed by atoms with Crippen molar-refractivity contribution in [3.63, 3.8) is 0 Å². The molecule has 0 unspecified atom stereocenters. The first-order valence-electron chi connectivity index (χ1n) is 16.2. The van der Waals surface area contributed by atoms with Crippen LogP contribution in [-0.2, 0) is 24.9 Å². The van der Waals surface area contributed by atoms with Crippen molar-refractivity contribution in [3.05, 3.63) is 108 Å². The summed E-state index contributed by atoms with van der Waals surface area (Å²) in [5, 5.41) is 14.4. The molecule has 0 aliphatic rings. The van der Waals surface area contributed by atoms with Crippen molar-refractivity contribution in [2.45, 2.75) is 88.0 Å². The van der Waals surface area contributed by atoms with Crippen molar-refractivity contribution >= 4 is 27.3 Å². The summed E-state index contributed by atoms with van der Waals surface area (Å²) in [4.78, 5) is 20.8. The number of fused-ring (bicyclic) bond motifs is 3. The van der Waals surface area contributed by atoms with Gasteiger partial charge in [-0.3, -0.25) is 9.78 Å². The van der Waals surface area contributed by atoms with Gasteiger partial charge in [-0.2, -0.15) is 0 Å². The first-order valence-corrected chi connectivity index (χ1v) is 16.2. The van der Waals surface area contributed by atoms with E-state index in [4.69, 9.17) is 4.98 Å². The van der Waals surface area contributed by atoms with Crippen molar-refractivity contribution in [2.24, 2.45) is 10.8 Å². The number of benzene rings is 3. The maximum Gasteiger partial charge on any atom is 0.164 e. The molecule has 4 nitrogen and oxygen atoms in total. The van der Waals surface area contributed by atoms with Crippen LogP contribution in [0.2, 0.25) is 0 Å². The van der Waals surface area contributed by atoms with Crippen LogP contribution in [0.4, 0.5) is 0 Å². The summed E-state index contributed by atoms with van der Waals surface area (Å²) in [5.41, 5.74) is 7.32. The zero-order valence-corrected chi connectivity index (χ0v) is 32.1. The van der Waals surface area contributed by atoms with Crippen LogP contribution >= 0.6 is 0 Å². The van der Waals surface area contributed by atoms with Gasteiger partial charge in [0.2, 0.25) is 0 Å². The molecule has 0 saturated heterocycles. The van der Waals surface area contributed by atoms with E-state index in [-0.39, 0.29) is 37.1 Å². The molecular weight excluding hydrogens is 757 g/mol. The molecule has 5 aromatic rings. The van der Waals surface area contributed by atoms with Crippen LogP contribution in [0.1, 0.15) is 97.9 Å². The molecule has 249 valence electrons. The Morgan fingerprint density at radius 2 is 1.47 bits per heavy atom. The van der Waals surface area contributed by atoms with Crippen LogP contribution in [0.5, 0.6) is 0 Å². The summed E-state index contributed by atoms with van der Waals surface area (Å²) in [6.07, 6.45) is 5.11. The Hall–Kier alpha value is -3.66. The molecule has 0 spiro atoms. The van der Waals surface area contributed by atoms with Gasteiger partial charge in [-0.05, 0) is 69.8 Å². The molecule has 1 N–H and O–H groups in total. The van der Waals surface area contributed by atoms with Gasteiger partial charge in [0.15, 0.2) is 5.78 Å². The van der Waals surface area contributed by atoms with Gasteiger partial charge in [0, 0.05) is 60.7 Å². The molecule has 1 radical (unpaired) electrons. The van der Waals surface area contributed by atoms with E-state index in [1.54, 1.807) is 0 Å². The number of carbonyl (C=O) groups excluding carboxylic acids is 1. The Kier molecular flexibility index (Phi) is 12.1. The summed E-state index contributed by atoms with van der Waals surface area (Å²) in [6, 6.07) is 25.6. The van der Waals surface area contributed by atoms with Gasteiger partial charge < -0.3 is 10.1 Å². The minimum Gasteiger partial charge on any atom is -0.512 e. The number of carbonyl (C=O) groups is 1. The van der Waals surface area contributed by atoms with E-state index < -0.39 is 5.41 Å². The molecule has 0 aliphatic carbocycles. The molecule has 0 amide bonds. The number of aliphatic hydroxyl groups excluding tert-OH is 1. The largest absolute Gasteiger partial charge is 0.512 e. The Bertz CT molecular complexity index is 1880. The van der Waals surface area contributed by atoms with E-state index in [0.717, 1.165) is 17.0 Å². The molecule has 0 bridgehead atoms. The molecule has 0 aliphatic heterocycles. The third kappa shape index (κ3) is 9.03. The van der Waals surface area contributed by atoms with Crippen molar-refractivity contribution in [1.29, 1.82) is 0 Å². The van der Waals surface area contributed by atoms with Gasteiger partial charge >= 0.3 is 0 Å². The Morgan fingerprint density at radius 3 is 2.06 bits per heavy atom. The molecule has 0 saturated carbocycles. The van der Waals surface area contributed by atoms with Crippen LogP contribution < -0.4 is 0 Å². The van der Waals surface area contributed by atoms with E-state index in [9.17, 15) is 9.90 Å². The van der Waals surface area contributed by atoms with Crippen molar-refractivity contribution in [1.82, 2.24) is 9.97 Å². The second-order valence-corrected chi connectivity index (χ2v) is 14.9. The monoisotopic (exact) mass is 806 g/mol. The molecule has 5 heteroatoms. The number of ketones is 1. The first-order chi connectivity index (χ1) is 21.5. The number of allylic oxidation sites excluding steroid dienone is 2. The van der Waals surface area contributed by atoms with Crippen molar-refractivity contribution in [3.8, 4) is 22.4 Å². The van der Waals surface area contributed by atoms with Crippen LogP contribution in [0.15, 0.2) is 84.9 Å². The molecule has 2 heterocycles. The number of aromatic nitrogens is 2. The van der Waals surface area contributed by atoms with E-state index in [1.165, 1.54) is 49.9 Å². The number of aliphatic hydroxyl groups is 1. The van der Waals surface area contributed by atoms with Crippen molar-refractivity contribution < 1.29 is 30.0 Å². The summed E-state index contributed by atoms with van der Waals surface area (Å²) in [7, 11) is 0. The van der Waals surface area contributed by atoms with Gasteiger partial charge in [-0.1, -0.05) is 99.6 Å². The van der Waals surface area contributed by atoms with Crippen LogP contribution in [-0.4, -0.2) is 20.9 Å². The SMILES string of the molecule is CC(C)(C)C(=O)/C=C(\O)C(C)(C)C.Cc1ncccc1-c1ccc2c(ccc3c(-c4[c-]c(C(C)C)cc(C(C)C)c4)nccc32)c1.[Ir]. The third-order valence-electron chi connectivity index (χ3n) is 8.31. The van der Waals surface area contributed by atoms with Crippen LogP contribution in [0, 0.1) is 23.8 Å². The van der Waals surface area contributed by atoms with Crippen LogP contribution in [0.3, 0.4) is 0 Å². The molecule has 0 atom stereocenters. The number of hydrogen-bond donors (Lipinski definition) is 1. The third-order valence-corrected chi connectivity index (χ3v) is 8.31. The molecule has 5 rings (SSSR count). The van der Waals surface area contributed by atoms with E-state index in [2.05, 4.69) is 100 Å². The summed E-state index contributed by atoms with van der Waals surface area (Å²) in [6.45, 7) is 22.1. The summed E-state index contributed by atoms with van der Waals surface area (Å²) in [5.74, 6) is 0.987. The molecular formula is C42H49IrN2O2-. The van der Waals surface area contributed by atoms with Gasteiger partial charge in [0.25, 0.3) is 0 Å². The fourth-order valence-electron chi connectivity index (χ4n) is 5.11. The molecule has 3 aromatic carbocycles. The van der Waals surface area contributed by atoms with E-state index >= 15 is 0 Å². The average molecular weight is 806 g/mol. The topological polar surface area (TPSA) is 63.1 Å². The maximum atomic E-state index is 11.5. The van der Waals surface area contributed by atoms with Crippen molar-refractivity contribution in [2.75, 3.05) is 0 Å². The Balaban J connectivity index is 0.000000367. The standard InChI is InChI=1S/C31H29N2.C11H20O2.Ir/c1-19(2)24-16-25(20(3)4)18-26(17-24)31-30-11-9-23-15-22(27-7-6-13-32-21(27)5)8-10-28(23)29(30)12-14-33-31;1-10(2,3)8(12)7-9(13)11(4,5)6;/h6-17,19-20H,1-5H3;7,12H,1-6H3;/q-1;;/b;8-7-;. The number of rotatable bonds is 5. The Morgan fingerprint density at radius 1 is 0.787 bits per heavy atom. The minimum atomic E-state index is -0.417. The minimum absolute atomic E-state index is 0. The fraction of sp³-hybridized carbons (Fsp3) is 0.357. The second-order valence-electron chi connectivity index (χ2n) is 14.9. The first kappa shape index (κ1) is 37.8. The van der Waals surface area contributed by atoms with Gasteiger partial charge in [-0.25, -0.2) is 0 Å². The molecule has 2 aromatic heterocycles. The smallest absolute Gasteiger partial charge is 0.164 e. The summed E-state index contributed by atoms with van der Waals surface area (Å²) < 4.78 is 0.